The fraction of sp³-hybridized carbons (Fsp3) is 0.182. The molecule has 162 valence electrons. The van der Waals surface area contributed by atoms with E-state index in [2.05, 4.69) is 25.6 Å². The molecular formula is C22H20FN7OS. The molecule has 5 rings (SSSR count). The van der Waals surface area contributed by atoms with Gasteiger partial charge in [-0.05, 0) is 17.5 Å². The summed E-state index contributed by atoms with van der Waals surface area (Å²) < 4.78 is 15.6. The average Bonchev–Trinajstić information content (AvgIpc) is 3.41. The predicted octanol–water partition coefficient (Wildman–Crippen LogP) is 3.58. The lowest BCUT2D eigenvalue weighted by Crippen LogP contribution is -2.32. The second-order valence-corrected chi connectivity index (χ2v) is 8.39. The Labute approximate surface area is 187 Å². The molecule has 0 saturated carbocycles. The Morgan fingerprint density at radius 1 is 1.25 bits per heavy atom. The van der Waals surface area contributed by atoms with Crippen molar-refractivity contribution in [2.24, 2.45) is 0 Å². The lowest BCUT2D eigenvalue weighted by molar-refractivity contribution is 0.219. The number of hydrogen-bond acceptors (Lipinski definition) is 7. The second kappa shape index (κ2) is 8.39. The van der Waals surface area contributed by atoms with Gasteiger partial charge in [0.1, 0.15) is 5.69 Å². The zero-order chi connectivity index (χ0) is 22.1. The maximum atomic E-state index is 14.7. The van der Waals surface area contributed by atoms with Gasteiger partial charge in [-0.15, -0.1) is 11.3 Å². The Morgan fingerprint density at radius 2 is 2.16 bits per heavy atom. The molecule has 0 bridgehead atoms. The molecule has 10 heteroatoms. The van der Waals surface area contributed by atoms with Crippen molar-refractivity contribution in [3.05, 3.63) is 54.7 Å². The summed E-state index contributed by atoms with van der Waals surface area (Å²) in [4.78, 5) is 26.5. The fourth-order valence-electron chi connectivity index (χ4n) is 3.70. The Morgan fingerprint density at radius 3 is 2.97 bits per heavy atom. The highest BCUT2D eigenvalue weighted by molar-refractivity contribution is 7.22. The van der Waals surface area contributed by atoms with Gasteiger partial charge in [0.05, 0.1) is 23.0 Å². The number of aromatic nitrogens is 3. The van der Waals surface area contributed by atoms with Crippen molar-refractivity contribution in [2.75, 3.05) is 37.2 Å². The summed E-state index contributed by atoms with van der Waals surface area (Å²) in [5.41, 5.74) is 8.80. The molecule has 0 atom stereocenters. The van der Waals surface area contributed by atoms with Gasteiger partial charge in [-0.1, -0.05) is 18.2 Å². The van der Waals surface area contributed by atoms with Crippen LogP contribution in [0.3, 0.4) is 0 Å². The number of pyridine rings is 1. The van der Waals surface area contributed by atoms with Crippen molar-refractivity contribution < 1.29 is 9.18 Å². The fourth-order valence-corrected chi connectivity index (χ4v) is 4.87. The molecule has 1 fully saturated rings. The molecule has 32 heavy (non-hydrogen) atoms. The zero-order valence-corrected chi connectivity index (χ0v) is 17.8. The minimum atomic E-state index is -0.494. The summed E-state index contributed by atoms with van der Waals surface area (Å²) in [6, 6.07) is 9.64. The highest BCUT2D eigenvalue weighted by Crippen LogP contribution is 2.40. The van der Waals surface area contributed by atoms with Gasteiger partial charge in [0.15, 0.2) is 5.82 Å². The van der Waals surface area contributed by atoms with Gasteiger partial charge >= 0.3 is 6.03 Å². The SMILES string of the molecule is Nc1cnccc1-c1cccc2cc(-c3nc(NCCN4CCNC4=O)ncc3F)sc12. The molecule has 1 saturated heterocycles. The number of fused-ring (bicyclic) bond motifs is 1. The molecular weight excluding hydrogens is 429 g/mol. The second-order valence-electron chi connectivity index (χ2n) is 7.33. The van der Waals surface area contributed by atoms with Crippen LogP contribution in [-0.4, -0.2) is 52.1 Å². The lowest BCUT2D eigenvalue weighted by atomic mass is 10.0. The number of nitrogens with one attached hydrogen (secondary N) is 2. The molecule has 0 aliphatic carbocycles. The number of hydrogen-bond donors (Lipinski definition) is 3. The van der Waals surface area contributed by atoms with Crippen molar-refractivity contribution in [1.29, 1.82) is 0 Å². The highest BCUT2D eigenvalue weighted by Gasteiger charge is 2.19. The number of halogens is 1. The van der Waals surface area contributed by atoms with Crippen LogP contribution in [0.2, 0.25) is 0 Å². The molecule has 0 radical (unpaired) electrons. The van der Waals surface area contributed by atoms with Crippen LogP contribution in [-0.2, 0) is 0 Å². The van der Waals surface area contributed by atoms with Crippen LogP contribution in [0.15, 0.2) is 48.9 Å². The molecule has 4 N–H and O–H groups in total. The minimum Gasteiger partial charge on any atom is -0.397 e. The van der Waals surface area contributed by atoms with E-state index in [1.54, 1.807) is 17.3 Å². The molecule has 1 aromatic carbocycles. The van der Waals surface area contributed by atoms with Gasteiger partial charge in [-0.25, -0.2) is 19.2 Å². The maximum absolute atomic E-state index is 14.7. The monoisotopic (exact) mass is 449 g/mol. The van der Waals surface area contributed by atoms with E-state index in [-0.39, 0.29) is 11.7 Å². The first-order chi connectivity index (χ1) is 15.6. The Balaban J connectivity index is 1.43. The van der Waals surface area contributed by atoms with E-state index in [1.807, 2.05) is 30.3 Å². The first-order valence-corrected chi connectivity index (χ1v) is 10.9. The predicted molar refractivity (Wildman–Crippen MR) is 124 cm³/mol. The Kier molecular flexibility index (Phi) is 5.28. The van der Waals surface area contributed by atoms with Crippen molar-refractivity contribution in [3.8, 4) is 21.7 Å². The third kappa shape index (κ3) is 3.80. The first-order valence-electron chi connectivity index (χ1n) is 10.1. The summed E-state index contributed by atoms with van der Waals surface area (Å²) in [5.74, 6) is -0.178. The van der Waals surface area contributed by atoms with Crippen LogP contribution in [0.5, 0.6) is 0 Å². The van der Waals surface area contributed by atoms with E-state index < -0.39 is 5.82 Å². The normalized spacial score (nSPS) is 13.5. The van der Waals surface area contributed by atoms with Crippen LogP contribution in [0.25, 0.3) is 31.8 Å². The molecule has 8 nitrogen and oxygen atoms in total. The molecule has 3 aromatic heterocycles. The standard InChI is InChI=1S/C22H20FN7OS/c23-16-11-28-21(26-6-8-30-9-7-27-22(30)31)29-19(16)18-10-13-2-1-3-15(20(13)32-18)14-4-5-25-12-17(14)24/h1-5,10-12H,6-9,24H2,(H,27,31)(H,26,28,29). The van der Waals surface area contributed by atoms with E-state index in [1.165, 1.54) is 17.5 Å². The van der Waals surface area contributed by atoms with Crippen LogP contribution < -0.4 is 16.4 Å². The number of nitrogens with two attached hydrogens (primary N) is 1. The lowest BCUT2D eigenvalue weighted by Gasteiger charge is -2.14. The number of rotatable bonds is 6. The summed E-state index contributed by atoms with van der Waals surface area (Å²) in [6.45, 7) is 2.30. The molecule has 1 aliphatic heterocycles. The van der Waals surface area contributed by atoms with Gasteiger partial charge in [-0.3, -0.25) is 4.98 Å². The largest absolute Gasteiger partial charge is 0.397 e. The van der Waals surface area contributed by atoms with Crippen molar-refractivity contribution in [3.63, 3.8) is 0 Å². The molecule has 0 spiro atoms. The number of carbonyl (C=O) groups excluding carboxylic acids is 1. The maximum Gasteiger partial charge on any atom is 0.317 e. The first kappa shape index (κ1) is 20.1. The number of benzene rings is 1. The van der Waals surface area contributed by atoms with E-state index in [9.17, 15) is 9.18 Å². The Hall–Kier alpha value is -3.79. The summed E-state index contributed by atoms with van der Waals surface area (Å²) in [7, 11) is 0. The molecule has 4 aromatic rings. The van der Waals surface area contributed by atoms with Gasteiger partial charge in [0, 0.05) is 48.2 Å². The molecule has 4 heterocycles. The Bertz CT molecular complexity index is 1310. The quantitative estimate of drug-likeness (QED) is 0.415. The van der Waals surface area contributed by atoms with Crippen LogP contribution in [0.1, 0.15) is 0 Å². The zero-order valence-electron chi connectivity index (χ0n) is 17.0. The highest BCUT2D eigenvalue weighted by atomic mass is 32.1. The van der Waals surface area contributed by atoms with Gasteiger partial charge in [0.25, 0.3) is 0 Å². The van der Waals surface area contributed by atoms with Crippen molar-refractivity contribution >= 4 is 39.1 Å². The van der Waals surface area contributed by atoms with E-state index >= 15 is 0 Å². The topological polar surface area (TPSA) is 109 Å². The smallest absolute Gasteiger partial charge is 0.317 e. The number of thiophene rings is 1. The summed E-state index contributed by atoms with van der Waals surface area (Å²) in [6.07, 6.45) is 4.49. The van der Waals surface area contributed by atoms with Gasteiger partial charge in [0.2, 0.25) is 5.95 Å². The average molecular weight is 450 g/mol. The third-order valence-electron chi connectivity index (χ3n) is 5.27. The van der Waals surface area contributed by atoms with Gasteiger partial charge in [-0.2, -0.15) is 0 Å². The van der Waals surface area contributed by atoms with Crippen molar-refractivity contribution in [1.82, 2.24) is 25.2 Å². The van der Waals surface area contributed by atoms with Crippen LogP contribution in [0, 0.1) is 5.82 Å². The number of carbonyl (C=O) groups is 1. The van der Waals surface area contributed by atoms with Crippen molar-refractivity contribution in [2.45, 2.75) is 0 Å². The number of urea groups is 1. The number of anilines is 2. The summed E-state index contributed by atoms with van der Waals surface area (Å²) in [5, 5.41) is 6.81. The number of nitrogens with zero attached hydrogens (tertiary/aromatic N) is 4. The molecule has 1 aliphatic rings. The van der Waals surface area contributed by atoms with Gasteiger partial charge < -0.3 is 21.3 Å². The van der Waals surface area contributed by atoms with Crippen LogP contribution >= 0.6 is 11.3 Å². The van der Waals surface area contributed by atoms with Crippen LogP contribution in [0.4, 0.5) is 20.8 Å². The number of amides is 2. The third-order valence-corrected chi connectivity index (χ3v) is 6.46. The van der Waals surface area contributed by atoms with E-state index in [0.717, 1.165) is 21.2 Å². The van der Waals surface area contributed by atoms with E-state index in [0.29, 0.717) is 42.7 Å². The molecule has 2 amide bonds. The molecule has 0 unspecified atom stereocenters. The minimum absolute atomic E-state index is 0.0802. The van der Waals surface area contributed by atoms with E-state index in [4.69, 9.17) is 5.73 Å². The number of nitrogen functional groups attached to an aromatic ring is 1. The summed E-state index contributed by atoms with van der Waals surface area (Å²) >= 11 is 1.45.